The molecule has 0 N–H and O–H groups in total. The van der Waals surface area contributed by atoms with Crippen LogP contribution < -0.4 is 5.56 Å². The van der Waals surface area contributed by atoms with Crippen LogP contribution in [0.15, 0.2) is 66.0 Å². The molecule has 0 bridgehead atoms. The number of hydrogen-bond acceptors (Lipinski definition) is 5. The molecule has 0 aliphatic carbocycles. The second-order valence-corrected chi connectivity index (χ2v) is 7.76. The molecule has 158 valence electrons. The molecule has 8 nitrogen and oxygen atoms in total. The summed E-state index contributed by atoms with van der Waals surface area (Å²) >= 11 is 0. The topological polar surface area (TPSA) is 85.9 Å². The van der Waals surface area contributed by atoms with Gasteiger partial charge in [0.05, 0.1) is 23.2 Å². The Balaban J connectivity index is 1.68. The van der Waals surface area contributed by atoms with Crippen LogP contribution in [-0.2, 0) is 0 Å². The number of nitrogens with zero attached hydrogens (tertiary/aromatic N) is 6. The second kappa shape index (κ2) is 8.14. The maximum atomic E-state index is 13.4. The van der Waals surface area contributed by atoms with E-state index in [0.717, 1.165) is 11.3 Å². The zero-order valence-corrected chi connectivity index (χ0v) is 17.9. The van der Waals surface area contributed by atoms with Gasteiger partial charge in [0.25, 0.3) is 11.5 Å². The minimum atomic E-state index is -0.238. The molecule has 1 atom stereocenters. The summed E-state index contributed by atoms with van der Waals surface area (Å²) < 4.78 is 3.05. The van der Waals surface area contributed by atoms with Crippen molar-refractivity contribution in [1.82, 2.24) is 29.4 Å². The molecular formula is C23H24N6O2. The number of aromatic nitrogens is 5. The fourth-order valence-corrected chi connectivity index (χ4v) is 3.53. The van der Waals surface area contributed by atoms with Gasteiger partial charge in [0.1, 0.15) is 12.7 Å². The Morgan fingerprint density at radius 3 is 2.29 bits per heavy atom. The van der Waals surface area contributed by atoms with E-state index in [1.807, 2.05) is 51.1 Å². The number of carbonyl (C=O) groups is 1. The van der Waals surface area contributed by atoms with Gasteiger partial charge in [0.2, 0.25) is 0 Å². The molecule has 4 aromatic rings. The van der Waals surface area contributed by atoms with E-state index < -0.39 is 0 Å². The zero-order chi connectivity index (χ0) is 22.1. The highest BCUT2D eigenvalue weighted by molar-refractivity contribution is 6.04. The minimum Gasteiger partial charge on any atom is -0.334 e. The molecule has 1 unspecified atom stereocenters. The number of carbonyl (C=O) groups excluding carboxylic acids is 1. The van der Waals surface area contributed by atoms with Crippen molar-refractivity contribution in [2.75, 3.05) is 7.05 Å². The van der Waals surface area contributed by atoms with E-state index in [9.17, 15) is 9.59 Å². The molecule has 0 saturated heterocycles. The molecule has 0 spiro atoms. The molecule has 0 aliphatic heterocycles. The van der Waals surface area contributed by atoms with Crippen LogP contribution >= 0.6 is 0 Å². The summed E-state index contributed by atoms with van der Waals surface area (Å²) in [7, 11) is 1.75. The first-order chi connectivity index (χ1) is 14.9. The summed E-state index contributed by atoms with van der Waals surface area (Å²) in [4.78, 5) is 31.8. The van der Waals surface area contributed by atoms with E-state index in [4.69, 9.17) is 0 Å². The molecule has 31 heavy (non-hydrogen) atoms. The highest BCUT2D eigenvalue weighted by Crippen LogP contribution is 2.24. The quantitative estimate of drug-likeness (QED) is 0.498. The van der Waals surface area contributed by atoms with E-state index in [-0.39, 0.29) is 29.2 Å². The lowest BCUT2D eigenvalue weighted by Crippen LogP contribution is -2.34. The number of hydrogen-bond donors (Lipinski definition) is 0. The van der Waals surface area contributed by atoms with Gasteiger partial charge in [-0.05, 0) is 44.5 Å². The summed E-state index contributed by atoms with van der Waals surface area (Å²) in [6.07, 6.45) is 3.12. The van der Waals surface area contributed by atoms with Crippen LogP contribution in [0, 0.1) is 0 Å². The van der Waals surface area contributed by atoms with Gasteiger partial charge in [-0.15, -0.1) is 0 Å². The second-order valence-electron chi connectivity index (χ2n) is 7.76. The van der Waals surface area contributed by atoms with Gasteiger partial charge in [0, 0.05) is 12.4 Å². The third-order valence-corrected chi connectivity index (χ3v) is 5.48. The smallest absolute Gasteiger partial charge is 0.275 e. The lowest BCUT2D eigenvalue weighted by atomic mass is 10.1. The van der Waals surface area contributed by atoms with Gasteiger partial charge >= 0.3 is 0 Å². The van der Waals surface area contributed by atoms with Crippen LogP contribution in [0.5, 0.6) is 0 Å². The van der Waals surface area contributed by atoms with Gasteiger partial charge < -0.3 is 4.90 Å². The van der Waals surface area contributed by atoms with Gasteiger partial charge in [-0.1, -0.05) is 30.3 Å². The van der Waals surface area contributed by atoms with Crippen molar-refractivity contribution in [3.8, 4) is 5.69 Å². The Hall–Kier alpha value is -3.81. The molecule has 8 heteroatoms. The molecule has 2 aromatic carbocycles. The number of amides is 1. The predicted octanol–water partition coefficient (Wildman–Crippen LogP) is 3.39. The number of fused-ring (bicyclic) bond motifs is 1. The van der Waals surface area contributed by atoms with Crippen LogP contribution in [-0.4, -0.2) is 42.4 Å². The summed E-state index contributed by atoms with van der Waals surface area (Å²) in [6, 6.07) is 14.6. The van der Waals surface area contributed by atoms with E-state index in [0.29, 0.717) is 10.8 Å². The first-order valence-corrected chi connectivity index (χ1v) is 10.1. The Morgan fingerprint density at radius 1 is 1.00 bits per heavy atom. The van der Waals surface area contributed by atoms with Crippen molar-refractivity contribution in [3.63, 3.8) is 0 Å². The predicted molar refractivity (Wildman–Crippen MR) is 118 cm³/mol. The standard InChI is InChI=1S/C23H24N6O2/c1-15(2)29-22(30)20-8-6-5-7-19(20)21(26-29)23(31)27(4)16(3)17-9-11-18(12-10-17)28-14-24-13-25-28/h5-16H,1-4H3. The Morgan fingerprint density at radius 2 is 1.68 bits per heavy atom. The third kappa shape index (κ3) is 3.72. The maximum Gasteiger partial charge on any atom is 0.275 e. The van der Waals surface area contributed by atoms with Crippen molar-refractivity contribution >= 4 is 16.7 Å². The highest BCUT2D eigenvalue weighted by Gasteiger charge is 2.24. The third-order valence-electron chi connectivity index (χ3n) is 5.48. The minimum absolute atomic E-state index is 0.157. The van der Waals surface area contributed by atoms with Crippen molar-refractivity contribution < 1.29 is 4.79 Å². The molecule has 4 rings (SSSR count). The van der Waals surface area contributed by atoms with Gasteiger partial charge in [-0.25, -0.2) is 14.3 Å². The highest BCUT2D eigenvalue weighted by atomic mass is 16.2. The van der Waals surface area contributed by atoms with Crippen molar-refractivity contribution in [2.45, 2.75) is 32.9 Å². The molecule has 2 heterocycles. The normalized spacial score (nSPS) is 12.3. The van der Waals surface area contributed by atoms with Crippen LogP contribution in [0.3, 0.4) is 0 Å². The SMILES string of the molecule is CC(c1ccc(-n2cncn2)cc1)N(C)C(=O)c1nn(C(C)C)c(=O)c2ccccc12. The fraction of sp³-hybridized carbons (Fsp3) is 0.261. The molecule has 0 fully saturated rings. The van der Waals surface area contributed by atoms with Crippen LogP contribution in [0.4, 0.5) is 0 Å². The Labute approximate surface area is 179 Å². The summed E-state index contributed by atoms with van der Waals surface area (Å²) in [5.74, 6) is -0.238. The lowest BCUT2D eigenvalue weighted by molar-refractivity contribution is 0.0736. The van der Waals surface area contributed by atoms with Gasteiger partial charge in [0.15, 0.2) is 5.69 Å². The summed E-state index contributed by atoms with van der Waals surface area (Å²) in [5, 5.41) is 9.62. The molecule has 2 aromatic heterocycles. The van der Waals surface area contributed by atoms with Crippen molar-refractivity contribution in [1.29, 1.82) is 0 Å². The molecule has 1 amide bonds. The summed E-state index contributed by atoms with van der Waals surface area (Å²) in [6.45, 7) is 5.71. The van der Waals surface area contributed by atoms with Crippen LogP contribution in [0.2, 0.25) is 0 Å². The van der Waals surface area contributed by atoms with E-state index >= 15 is 0 Å². The first-order valence-electron chi connectivity index (χ1n) is 10.1. The average molecular weight is 416 g/mol. The molecule has 0 aliphatic rings. The first kappa shape index (κ1) is 20.5. The summed E-state index contributed by atoms with van der Waals surface area (Å²) in [5.41, 5.74) is 1.94. The molecule has 0 radical (unpaired) electrons. The maximum absolute atomic E-state index is 13.4. The zero-order valence-electron chi connectivity index (χ0n) is 17.9. The van der Waals surface area contributed by atoms with Crippen LogP contribution in [0.1, 0.15) is 48.9 Å². The Bertz CT molecular complexity index is 1280. The lowest BCUT2D eigenvalue weighted by Gasteiger charge is -2.26. The molecule has 0 saturated carbocycles. The monoisotopic (exact) mass is 416 g/mol. The van der Waals surface area contributed by atoms with E-state index in [1.165, 1.54) is 11.0 Å². The van der Waals surface area contributed by atoms with Crippen LogP contribution in [0.25, 0.3) is 16.5 Å². The fourth-order valence-electron chi connectivity index (χ4n) is 3.53. The van der Waals surface area contributed by atoms with Gasteiger partial charge in [-0.3, -0.25) is 9.59 Å². The number of rotatable bonds is 5. The number of benzene rings is 2. The van der Waals surface area contributed by atoms with Gasteiger partial charge in [-0.2, -0.15) is 10.2 Å². The molecular weight excluding hydrogens is 392 g/mol. The average Bonchev–Trinajstić information content (AvgIpc) is 3.33. The van der Waals surface area contributed by atoms with Crippen molar-refractivity contribution in [2.24, 2.45) is 0 Å². The largest absolute Gasteiger partial charge is 0.334 e. The van der Waals surface area contributed by atoms with E-state index in [1.54, 1.807) is 41.2 Å². The Kier molecular flexibility index (Phi) is 5.37. The van der Waals surface area contributed by atoms with E-state index in [2.05, 4.69) is 15.2 Å². The van der Waals surface area contributed by atoms with Crippen molar-refractivity contribution in [3.05, 3.63) is 82.8 Å².